The van der Waals surface area contributed by atoms with Crippen molar-refractivity contribution < 1.29 is 13.2 Å². The molecule has 0 aromatic heterocycles. The zero-order valence-corrected chi connectivity index (χ0v) is 19.3. The number of amides is 1. The molecule has 0 radical (unpaired) electrons. The smallest absolute Gasteiger partial charge is 0.223 e. The summed E-state index contributed by atoms with van der Waals surface area (Å²) in [5.74, 6) is 0.711. The highest BCUT2D eigenvalue weighted by Crippen LogP contribution is 2.31. The molecule has 1 saturated heterocycles. The monoisotopic (exact) mass is 465 g/mol. The number of hydrogen-bond donors (Lipinski definition) is 2. The Morgan fingerprint density at radius 3 is 2.28 bits per heavy atom. The van der Waals surface area contributed by atoms with Crippen molar-refractivity contribution in [1.29, 1.82) is 0 Å². The molecule has 1 saturated carbocycles. The zero-order chi connectivity index (χ0) is 19.4. The molecule has 0 spiro atoms. The SMILES string of the molecule is CCS(=O)(=O)c1ccc(N2CCC(NC(=O)[C@@H]3CCC[C@@H]3CN)CC2)cc1.Cl.Cl. The third kappa shape index (κ3) is 6.23. The standard InChI is InChI=1S/C20H31N3O3S.2ClH/c1-2-27(25,26)18-8-6-17(7-9-18)23-12-10-16(11-13-23)22-20(24)19-5-3-4-15(19)14-21;;/h6-9,15-16,19H,2-5,10-14,21H2,1H3,(H,22,24);2*1H/t15-,19-;;/m1../s1. The Bertz CT molecular complexity index is 751. The van der Waals surface area contributed by atoms with Crippen LogP contribution in [0.25, 0.3) is 0 Å². The molecule has 2 atom stereocenters. The van der Waals surface area contributed by atoms with Gasteiger partial charge in [0.05, 0.1) is 10.6 Å². The summed E-state index contributed by atoms with van der Waals surface area (Å²) in [5, 5.41) is 3.23. The number of carbonyl (C=O) groups excluding carboxylic acids is 1. The maximum atomic E-state index is 12.6. The van der Waals surface area contributed by atoms with Gasteiger partial charge in [-0.15, -0.1) is 24.8 Å². The highest BCUT2D eigenvalue weighted by molar-refractivity contribution is 7.91. The van der Waals surface area contributed by atoms with Gasteiger partial charge in [-0.3, -0.25) is 4.79 Å². The Labute approximate surface area is 186 Å². The second-order valence-corrected chi connectivity index (χ2v) is 9.98. The maximum absolute atomic E-state index is 12.6. The second kappa shape index (κ2) is 11.4. The van der Waals surface area contributed by atoms with Gasteiger partial charge in [-0.25, -0.2) is 8.42 Å². The molecule has 3 rings (SSSR count). The number of nitrogens with two attached hydrogens (primary N) is 1. The highest BCUT2D eigenvalue weighted by atomic mass is 35.5. The van der Waals surface area contributed by atoms with Gasteiger partial charge in [-0.2, -0.15) is 0 Å². The van der Waals surface area contributed by atoms with E-state index in [0.29, 0.717) is 17.4 Å². The minimum Gasteiger partial charge on any atom is -0.371 e. The van der Waals surface area contributed by atoms with Gasteiger partial charge in [0.2, 0.25) is 5.91 Å². The number of piperidine rings is 1. The van der Waals surface area contributed by atoms with Crippen molar-refractivity contribution in [3.05, 3.63) is 24.3 Å². The number of carbonyl (C=O) groups is 1. The lowest BCUT2D eigenvalue weighted by Crippen LogP contribution is -2.47. The molecule has 1 aliphatic carbocycles. The largest absolute Gasteiger partial charge is 0.371 e. The van der Waals surface area contributed by atoms with Crippen LogP contribution in [0.3, 0.4) is 0 Å². The molecule has 0 unspecified atom stereocenters. The molecule has 2 fully saturated rings. The van der Waals surface area contributed by atoms with Crippen molar-refractivity contribution in [2.24, 2.45) is 17.6 Å². The number of anilines is 1. The number of benzene rings is 1. The van der Waals surface area contributed by atoms with Gasteiger partial charge in [-0.1, -0.05) is 13.3 Å². The molecule has 1 aliphatic heterocycles. The molecular formula is C20H33Cl2N3O3S. The lowest BCUT2D eigenvalue weighted by molar-refractivity contribution is -0.126. The summed E-state index contributed by atoms with van der Waals surface area (Å²) < 4.78 is 23.9. The molecule has 0 bridgehead atoms. The van der Waals surface area contributed by atoms with Crippen LogP contribution in [0.5, 0.6) is 0 Å². The molecule has 29 heavy (non-hydrogen) atoms. The van der Waals surface area contributed by atoms with E-state index >= 15 is 0 Å². The fourth-order valence-corrected chi connectivity index (χ4v) is 5.17. The Balaban J connectivity index is 0.00000210. The molecule has 9 heteroatoms. The molecule has 2 aliphatic rings. The number of hydrogen-bond acceptors (Lipinski definition) is 5. The van der Waals surface area contributed by atoms with E-state index in [2.05, 4.69) is 10.2 Å². The molecular weight excluding hydrogens is 433 g/mol. The maximum Gasteiger partial charge on any atom is 0.223 e. The summed E-state index contributed by atoms with van der Waals surface area (Å²) in [7, 11) is -3.16. The van der Waals surface area contributed by atoms with Crippen LogP contribution in [0.2, 0.25) is 0 Å². The topological polar surface area (TPSA) is 92.5 Å². The fourth-order valence-electron chi connectivity index (χ4n) is 4.29. The first-order valence-corrected chi connectivity index (χ1v) is 11.7. The van der Waals surface area contributed by atoms with E-state index in [4.69, 9.17) is 5.73 Å². The van der Waals surface area contributed by atoms with Crippen LogP contribution in [0.4, 0.5) is 5.69 Å². The minimum atomic E-state index is -3.16. The van der Waals surface area contributed by atoms with Gasteiger partial charge in [-0.05, 0) is 62.4 Å². The number of halogens is 2. The second-order valence-electron chi connectivity index (χ2n) is 7.70. The lowest BCUT2D eigenvalue weighted by atomic mass is 9.94. The van der Waals surface area contributed by atoms with Crippen LogP contribution in [0.1, 0.15) is 39.0 Å². The van der Waals surface area contributed by atoms with Crippen LogP contribution in [-0.2, 0) is 14.6 Å². The van der Waals surface area contributed by atoms with Crippen LogP contribution >= 0.6 is 24.8 Å². The predicted molar refractivity (Wildman–Crippen MR) is 122 cm³/mol. The van der Waals surface area contributed by atoms with Gasteiger partial charge < -0.3 is 16.0 Å². The van der Waals surface area contributed by atoms with Crippen LogP contribution in [-0.4, -0.2) is 45.8 Å². The van der Waals surface area contributed by atoms with E-state index in [0.717, 1.165) is 50.9 Å². The van der Waals surface area contributed by atoms with E-state index in [1.165, 1.54) is 0 Å². The molecule has 1 aromatic rings. The molecule has 166 valence electrons. The highest BCUT2D eigenvalue weighted by Gasteiger charge is 2.33. The lowest BCUT2D eigenvalue weighted by Gasteiger charge is -2.34. The fraction of sp³-hybridized carbons (Fsp3) is 0.650. The van der Waals surface area contributed by atoms with Gasteiger partial charge >= 0.3 is 0 Å². The van der Waals surface area contributed by atoms with Crippen LogP contribution < -0.4 is 16.0 Å². The van der Waals surface area contributed by atoms with Crippen LogP contribution in [0.15, 0.2) is 29.2 Å². The molecule has 1 heterocycles. The van der Waals surface area contributed by atoms with Crippen molar-refractivity contribution in [3.8, 4) is 0 Å². The molecule has 1 aromatic carbocycles. The average Bonchev–Trinajstić information content (AvgIpc) is 3.18. The first kappa shape index (κ1) is 26.0. The Hall–Kier alpha value is -1.02. The van der Waals surface area contributed by atoms with Gasteiger partial charge in [0, 0.05) is 30.7 Å². The van der Waals surface area contributed by atoms with Crippen molar-refractivity contribution in [3.63, 3.8) is 0 Å². The summed E-state index contributed by atoms with van der Waals surface area (Å²) >= 11 is 0. The van der Waals surface area contributed by atoms with E-state index < -0.39 is 9.84 Å². The third-order valence-corrected chi connectivity index (χ3v) is 7.83. The Kier molecular flexibility index (Phi) is 10.2. The van der Waals surface area contributed by atoms with Crippen molar-refractivity contribution >= 4 is 46.2 Å². The first-order chi connectivity index (χ1) is 12.9. The van der Waals surface area contributed by atoms with Crippen molar-refractivity contribution in [2.75, 3.05) is 30.3 Å². The summed E-state index contributed by atoms with van der Waals surface area (Å²) in [6.07, 6.45) is 4.93. The summed E-state index contributed by atoms with van der Waals surface area (Å²) in [4.78, 5) is 15.2. The van der Waals surface area contributed by atoms with Crippen molar-refractivity contribution in [2.45, 2.75) is 50.0 Å². The predicted octanol–water partition coefficient (Wildman–Crippen LogP) is 2.78. The van der Waals surface area contributed by atoms with E-state index in [-0.39, 0.29) is 48.4 Å². The van der Waals surface area contributed by atoms with E-state index in [1.807, 2.05) is 12.1 Å². The molecule has 3 N–H and O–H groups in total. The number of nitrogens with one attached hydrogen (secondary N) is 1. The van der Waals surface area contributed by atoms with Crippen molar-refractivity contribution in [1.82, 2.24) is 5.32 Å². The normalized spacial score (nSPS) is 22.5. The number of rotatable bonds is 6. The Morgan fingerprint density at radius 1 is 1.10 bits per heavy atom. The summed E-state index contributed by atoms with van der Waals surface area (Å²) in [6.45, 7) is 3.97. The van der Waals surface area contributed by atoms with E-state index in [9.17, 15) is 13.2 Å². The van der Waals surface area contributed by atoms with Gasteiger partial charge in [0.1, 0.15) is 0 Å². The Morgan fingerprint density at radius 2 is 1.72 bits per heavy atom. The van der Waals surface area contributed by atoms with E-state index in [1.54, 1.807) is 19.1 Å². The van der Waals surface area contributed by atoms with Gasteiger partial charge in [0.15, 0.2) is 9.84 Å². The number of nitrogens with zero attached hydrogens (tertiary/aromatic N) is 1. The number of sulfone groups is 1. The van der Waals surface area contributed by atoms with Crippen LogP contribution in [0, 0.1) is 11.8 Å². The molecule has 1 amide bonds. The van der Waals surface area contributed by atoms with Gasteiger partial charge in [0.25, 0.3) is 0 Å². The third-order valence-electron chi connectivity index (χ3n) is 6.08. The zero-order valence-electron chi connectivity index (χ0n) is 16.9. The quantitative estimate of drug-likeness (QED) is 0.673. The minimum absolute atomic E-state index is 0. The average molecular weight is 466 g/mol. The summed E-state index contributed by atoms with van der Waals surface area (Å²) in [5.41, 5.74) is 6.84. The summed E-state index contributed by atoms with van der Waals surface area (Å²) in [6, 6.07) is 7.36. The molecule has 6 nitrogen and oxygen atoms in total. The first-order valence-electron chi connectivity index (χ1n) is 10.0.